The van der Waals surface area contributed by atoms with Crippen molar-refractivity contribution in [3.05, 3.63) is 70.1 Å². The summed E-state index contributed by atoms with van der Waals surface area (Å²) in [6, 6.07) is 12.7. The molecule has 3 aromatic rings. The first-order valence-corrected chi connectivity index (χ1v) is 9.08. The molecule has 144 valence electrons. The van der Waals surface area contributed by atoms with Crippen molar-refractivity contribution in [2.24, 2.45) is 0 Å². The minimum Gasteiger partial charge on any atom is -0.495 e. The van der Waals surface area contributed by atoms with Crippen molar-refractivity contribution >= 4 is 34.7 Å². The van der Waals surface area contributed by atoms with Gasteiger partial charge in [0.25, 0.3) is 5.91 Å². The van der Waals surface area contributed by atoms with Crippen molar-refractivity contribution in [2.75, 3.05) is 17.7 Å². The second-order valence-electron chi connectivity index (χ2n) is 6.49. The molecule has 0 saturated heterocycles. The van der Waals surface area contributed by atoms with Gasteiger partial charge in [-0.1, -0.05) is 17.7 Å². The maximum absolute atomic E-state index is 12.7. The van der Waals surface area contributed by atoms with Crippen LogP contribution in [-0.2, 0) is 0 Å². The molecule has 6 nitrogen and oxygen atoms in total. The normalized spacial score (nSPS) is 10.5. The van der Waals surface area contributed by atoms with Crippen LogP contribution in [0.15, 0.2) is 42.5 Å². The number of amides is 1. The van der Waals surface area contributed by atoms with Gasteiger partial charge in [-0.25, -0.2) is 9.97 Å². The minimum atomic E-state index is -0.309. The van der Waals surface area contributed by atoms with E-state index in [0.29, 0.717) is 28.1 Å². The number of hydrogen-bond acceptors (Lipinski definition) is 5. The Morgan fingerprint density at radius 3 is 2.39 bits per heavy atom. The number of nitrogens with one attached hydrogen (secondary N) is 2. The van der Waals surface area contributed by atoms with Gasteiger partial charge < -0.3 is 15.4 Å². The number of benzene rings is 2. The van der Waals surface area contributed by atoms with E-state index < -0.39 is 0 Å². The van der Waals surface area contributed by atoms with Crippen LogP contribution < -0.4 is 15.4 Å². The van der Waals surface area contributed by atoms with Gasteiger partial charge in [-0.15, -0.1) is 0 Å². The van der Waals surface area contributed by atoms with Crippen molar-refractivity contribution in [1.82, 2.24) is 9.97 Å². The Bertz CT molecular complexity index is 1020. The summed E-state index contributed by atoms with van der Waals surface area (Å²) in [6.45, 7) is 5.70. The quantitative estimate of drug-likeness (QED) is 0.630. The van der Waals surface area contributed by atoms with Gasteiger partial charge in [-0.05, 0) is 62.2 Å². The molecule has 2 aromatic carbocycles. The molecule has 7 heteroatoms. The van der Waals surface area contributed by atoms with E-state index in [1.54, 1.807) is 38.3 Å². The fourth-order valence-electron chi connectivity index (χ4n) is 2.91. The number of rotatable bonds is 5. The zero-order chi connectivity index (χ0) is 20.3. The van der Waals surface area contributed by atoms with Crippen molar-refractivity contribution < 1.29 is 9.53 Å². The number of ether oxygens (including phenoxy) is 1. The highest BCUT2D eigenvalue weighted by Gasteiger charge is 2.13. The first-order chi connectivity index (χ1) is 13.3. The Labute approximate surface area is 168 Å². The van der Waals surface area contributed by atoms with Gasteiger partial charge in [-0.2, -0.15) is 0 Å². The van der Waals surface area contributed by atoms with Gasteiger partial charge >= 0.3 is 0 Å². The summed E-state index contributed by atoms with van der Waals surface area (Å²) in [5, 5.41) is 6.59. The number of aromatic nitrogens is 2. The van der Waals surface area contributed by atoms with Crippen LogP contribution in [0.1, 0.15) is 27.4 Å². The molecule has 1 amide bonds. The van der Waals surface area contributed by atoms with E-state index in [1.165, 1.54) is 0 Å². The van der Waals surface area contributed by atoms with E-state index in [-0.39, 0.29) is 11.6 Å². The lowest BCUT2D eigenvalue weighted by atomic mass is 10.1. The van der Waals surface area contributed by atoms with E-state index in [2.05, 4.69) is 20.6 Å². The first kappa shape index (κ1) is 19.6. The predicted molar refractivity (Wildman–Crippen MR) is 112 cm³/mol. The third kappa shape index (κ3) is 4.78. The summed E-state index contributed by atoms with van der Waals surface area (Å²) >= 11 is 6.08. The van der Waals surface area contributed by atoms with E-state index in [9.17, 15) is 4.79 Å². The molecule has 0 radical (unpaired) electrons. The fraction of sp³-hybridized carbons (Fsp3) is 0.190. The molecule has 0 fully saturated rings. The number of aryl methyl sites for hydroxylation is 3. The Morgan fingerprint density at radius 2 is 1.71 bits per heavy atom. The van der Waals surface area contributed by atoms with Gasteiger partial charge in [0.15, 0.2) is 0 Å². The molecular formula is C21H21ClN4O2. The Balaban J connectivity index is 1.87. The second-order valence-corrected chi connectivity index (χ2v) is 6.92. The van der Waals surface area contributed by atoms with Gasteiger partial charge in [0.2, 0.25) is 0 Å². The molecule has 1 aromatic heterocycles. The molecule has 1 heterocycles. The second kappa shape index (κ2) is 8.27. The van der Waals surface area contributed by atoms with Crippen LogP contribution in [-0.4, -0.2) is 23.0 Å². The number of carbonyl (C=O) groups is 1. The highest BCUT2D eigenvalue weighted by molar-refractivity contribution is 6.31. The molecule has 3 rings (SSSR count). The Morgan fingerprint density at radius 1 is 1.00 bits per heavy atom. The lowest BCUT2D eigenvalue weighted by Gasteiger charge is -2.12. The Hall–Kier alpha value is -3.12. The standard InChI is InChI=1S/C21H21ClN4O2/c1-12-7-13(2)9-16(8-12)25-21(27)18-11-20(24-14(3)23-18)26-17-10-15(22)5-6-19(17)28-4/h5-11H,1-4H3,(H,25,27)(H,23,24,26). The third-order valence-electron chi connectivity index (χ3n) is 3.97. The summed E-state index contributed by atoms with van der Waals surface area (Å²) in [5.41, 5.74) is 3.78. The van der Waals surface area contributed by atoms with E-state index in [0.717, 1.165) is 16.8 Å². The molecule has 0 saturated carbocycles. The van der Waals surface area contributed by atoms with E-state index >= 15 is 0 Å². The monoisotopic (exact) mass is 396 g/mol. The summed E-state index contributed by atoms with van der Waals surface area (Å²) < 4.78 is 5.34. The van der Waals surface area contributed by atoms with Crippen molar-refractivity contribution in [3.63, 3.8) is 0 Å². The highest BCUT2D eigenvalue weighted by Crippen LogP contribution is 2.30. The molecule has 28 heavy (non-hydrogen) atoms. The smallest absolute Gasteiger partial charge is 0.274 e. The minimum absolute atomic E-state index is 0.259. The molecule has 0 unspecified atom stereocenters. The van der Waals surface area contributed by atoms with Crippen LogP contribution in [0, 0.1) is 20.8 Å². The van der Waals surface area contributed by atoms with Crippen LogP contribution in [0.2, 0.25) is 5.02 Å². The maximum atomic E-state index is 12.7. The lowest BCUT2D eigenvalue weighted by Crippen LogP contribution is -2.15. The molecule has 0 aliphatic rings. The van der Waals surface area contributed by atoms with Crippen LogP contribution in [0.25, 0.3) is 0 Å². The zero-order valence-corrected chi connectivity index (χ0v) is 16.9. The van der Waals surface area contributed by atoms with Crippen LogP contribution in [0.3, 0.4) is 0 Å². The van der Waals surface area contributed by atoms with Gasteiger partial charge in [0.05, 0.1) is 12.8 Å². The molecule has 0 atom stereocenters. The average Bonchev–Trinajstić information content (AvgIpc) is 2.60. The predicted octanol–water partition coefficient (Wildman–Crippen LogP) is 5.06. The van der Waals surface area contributed by atoms with Crippen LogP contribution in [0.4, 0.5) is 17.2 Å². The molecule has 0 spiro atoms. The molecule has 0 bridgehead atoms. The molecule has 0 aliphatic carbocycles. The molecular weight excluding hydrogens is 376 g/mol. The number of nitrogens with zero attached hydrogens (tertiary/aromatic N) is 2. The van der Waals surface area contributed by atoms with Crippen LogP contribution in [0.5, 0.6) is 5.75 Å². The van der Waals surface area contributed by atoms with Crippen LogP contribution >= 0.6 is 11.6 Å². The Kier molecular flexibility index (Phi) is 5.80. The highest BCUT2D eigenvalue weighted by atomic mass is 35.5. The van der Waals surface area contributed by atoms with Gasteiger partial charge in [0, 0.05) is 16.8 Å². The third-order valence-corrected chi connectivity index (χ3v) is 4.21. The van der Waals surface area contributed by atoms with E-state index in [4.69, 9.17) is 16.3 Å². The lowest BCUT2D eigenvalue weighted by molar-refractivity contribution is 0.102. The fourth-order valence-corrected chi connectivity index (χ4v) is 3.08. The summed E-state index contributed by atoms with van der Waals surface area (Å²) in [4.78, 5) is 21.3. The SMILES string of the molecule is COc1ccc(Cl)cc1Nc1cc(C(=O)Nc2cc(C)cc(C)c2)nc(C)n1. The van der Waals surface area contributed by atoms with Crippen molar-refractivity contribution in [3.8, 4) is 5.75 Å². The average molecular weight is 397 g/mol. The molecule has 0 aliphatic heterocycles. The van der Waals surface area contributed by atoms with Gasteiger partial charge in [-0.3, -0.25) is 4.79 Å². The molecule has 2 N–H and O–H groups in total. The van der Waals surface area contributed by atoms with Crippen molar-refractivity contribution in [2.45, 2.75) is 20.8 Å². The summed E-state index contributed by atoms with van der Waals surface area (Å²) in [5.74, 6) is 1.24. The number of carbonyl (C=O) groups excluding carboxylic acids is 1. The number of halogens is 1. The van der Waals surface area contributed by atoms with Gasteiger partial charge in [0.1, 0.15) is 23.1 Å². The zero-order valence-electron chi connectivity index (χ0n) is 16.1. The van der Waals surface area contributed by atoms with Crippen molar-refractivity contribution in [1.29, 1.82) is 0 Å². The largest absolute Gasteiger partial charge is 0.495 e. The number of hydrogen-bond donors (Lipinski definition) is 2. The number of methoxy groups -OCH3 is 1. The summed E-state index contributed by atoms with van der Waals surface area (Å²) in [7, 11) is 1.57. The topological polar surface area (TPSA) is 76.1 Å². The number of anilines is 3. The first-order valence-electron chi connectivity index (χ1n) is 8.70. The summed E-state index contributed by atoms with van der Waals surface area (Å²) in [6.07, 6.45) is 0. The maximum Gasteiger partial charge on any atom is 0.274 e. The van der Waals surface area contributed by atoms with E-state index in [1.807, 2.05) is 32.0 Å².